The molecule has 4 aromatic rings. The minimum atomic E-state index is -0.0470. The third-order valence-corrected chi connectivity index (χ3v) is 4.74. The molecule has 0 spiro atoms. The van der Waals surface area contributed by atoms with Gasteiger partial charge in [-0.25, -0.2) is 14.6 Å². The summed E-state index contributed by atoms with van der Waals surface area (Å²) in [6.07, 6.45) is 7.56. The van der Waals surface area contributed by atoms with Gasteiger partial charge in [-0.1, -0.05) is 25.1 Å². The van der Waals surface area contributed by atoms with E-state index in [1.54, 1.807) is 11.0 Å². The average molecular weight is 361 g/mol. The molecule has 1 N–H and O–H groups in total. The summed E-state index contributed by atoms with van der Waals surface area (Å²) in [4.78, 5) is 8.94. The minimum Gasteiger partial charge on any atom is -0.392 e. The van der Waals surface area contributed by atoms with E-state index in [0.29, 0.717) is 5.82 Å². The highest BCUT2D eigenvalue weighted by Gasteiger charge is 2.11. The number of fused-ring (bicyclic) bond motifs is 1. The Bertz CT molecular complexity index is 1110. The predicted octanol–water partition coefficient (Wildman–Crippen LogP) is 3.18. The van der Waals surface area contributed by atoms with E-state index in [0.717, 1.165) is 41.0 Å². The van der Waals surface area contributed by atoms with Gasteiger partial charge in [0.15, 0.2) is 0 Å². The lowest BCUT2D eigenvalue weighted by molar-refractivity contribution is 0.281. The second-order valence-corrected chi connectivity index (χ2v) is 6.89. The first-order valence-corrected chi connectivity index (χ1v) is 9.15. The maximum absolute atomic E-state index is 9.85. The number of nitrogens with zero attached hydrogens (tertiary/aromatic N) is 5. The first kappa shape index (κ1) is 17.4. The molecule has 0 aliphatic carbocycles. The summed E-state index contributed by atoms with van der Waals surface area (Å²) in [5.74, 6) is 0.705. The van der Waals surface area contributed by atoms with Crippen LogP contribution >= 0.6 is 0 Å². The molecule has 0 amide bonds. The first-order chi connectivity index (χ1) is 13.1. The lowest BCUT2D eigenvalue weighted by Crippen LogP contribution is -2.03. The van der Waals surface area contributed by atoms with Crippen LogP contribution in [-0.4, -0.2) is 29.3 Å². The van der Waals surface area contributed by atoms with E-state index in [9.17, 15) is 5.11 Å². The van der Waals surface area contributed by atoms with Gasteiger partial charge in [-0.3, -0.25) is 0 Å². The van der Waals surface area contributed by atoms with Crippen LogP contribution in [0.3, 0.4) is 0 Å². The van der Waals surface area contributed by atoms with Gasteiger partial charge in [0.1, 0.15) is 17.8 Å². The molecule has 0 aliphatic heterocycles. The van der Waals surface area contributed by atoms with Gasteiger partial charge in [-0.15, -0.1) is 0 Å². The molecule has 4 rings (SSSR count). The number of aryl methyl sites for hydroxylation is 3. The molecule has 0 aliphatic rings. The van der Waals surface area contributed by atoms with Crippen LogP contribution in [0.25, 0.3) is 11.3 Å². The Morgan fingerprint density at radius 1 is 1.07 bits per heavy atom. The molecule has 3 aromatic heterocycles. The zero-order chi connectivity index (χ0) is 19.0. The van der Waals surface area contributed by atoms with Crippen molar-refractivity contribution in [2.24, 2.45) is 0 Å². The van der Waals surface area contributed by atoms with Crippen LogP contribution in [0.2, 0.25) is 0 Å². The SMILES string of the molecule is CCc1cn2cc(C)cc(Cc3ccc(-n4cnc(C)n4)c(CO)c3)c2n1. The zero-order valence-electron chi connectivity index (χ0n) is 15.8. The second-order valence-electron chi connectivity index (χ2n) is 6.89. The van der Waals surface area contributed by atoms with Crippen molar-refractivity contribution >= 4 is 5.65 Å². The van der Waals surface area contributed by atoms with Gasteiger partial charge < -0.3 is 9.51 Å². The normalized spacial score (nSPS) is 11.4. The smallest absolute Gasteiger partial charge is 0.147 e. The molecule has 138 valence electrons. The molecular weight excluding hydrogens is 338 g/mol. The van der Waals surface area contributed by atoms with Crippen molar-refractivity contribution in [1.29, 1.82) is 0 Å². The van der Waals surface area contributed by atoms with E-state index in [1.165, 1.54) is 11.1 Å². The third-order valence-electron chi connectivity index (χ3n) is 4.74. The Balaban J connectivity index is 1.73. The standard InChI is InChI=1S/C21H23N5O/c1-4-19-11-25-10-14(2)7-17(21(25)23-19)8-16-5-6-20(18(9-16)12-27)26-13-22-15(3)24-26/h5-7,9-11,13,27H,4,8,12H2,1-3H3. The van der Waals surface area contributed by atoms with Gasteiger partial charge in [0.2, 0.25) is 0 Å². The van der Waals surface area contributed by atoms with Gasteiger partial charge in [-0.2, -0.15) is 5.10 Å². The summed E-state index contributed by atoms with van der Waals surface area (Å²) in [5, 5.41) is 14.2. The minimum absolute atomic E-state index is 0.0470. The topological polar surface area (TPSA) is 68.2 Å². The van der Waals surface area contributed by atoms with Gasteiger partial charge in [0.25, 0.3) is 0 Å². The number of aromatic nitrogens is 5. The molecule has 0 atom stereocenters. The molecule has 6 heteroatoms. The van der Waals surface area contributed by atoms with Crippen LogP contribution in [0, 0.1) is 13.8 Å². The summed E-state index contributed by atoms with van der Waals surface area (Å²) in [6, 6.07) is 8.29. The predicted molar refractivity (Wildman–Crippen MR) is 104 cm³/mol. The number of benzene rings is 1. The van der Waals surface area contributed by atoms with Crippen LogP contribution in [-0.2, 0) is 19.4 Å². The molecule has 0 saturated heterocycles. The van der Waals surface area contributed by atoms with E-state index >= 15 is 0 Å². The molecule has 0 radical (unpaired) electrons. The molecular formula is C21H23N5O. The fraction of sp³-hybridized carbons (Fsp3) is 0.286. The average Bonchev–Trinajstić information content (AvgIpc) is 3.27. The molecule has 0 fully saturated rings. The number of hydrogen-bond acceptors (Lipinski definition) is 4. The number of pyridine rings is 1. The third kappa shape index (κ3) is 3.36. The quantitative estimate of drug-likeness (QED) is 0.593. The van der Waals surface area contributed by atoms with Gasteiger partial charge in [0.05, 0.1) is 18.0 Å². The van der Waals surface area contributed by atoms with Crippen molar-refractivity contribution in [1.82, 2.24) is 24.1 Å². The van der Waals surface area contributed by atoms with Crippen LogP contribution in [0.1, 0.15) is 40.7 Å². The Hall–Kier alpha value is -2.99. The molecule has 0 saturated carbocycles. The molecule has 27 heavy (non-hydrogen) atoms. The van der Waals surface area contributed by atoms with Crippen molar-refractivity contribution in [2.45, 2.75) is 40.2 Å². The first-order valence-electron chi connectivity index (χ1n) is 9.15. The summed E-state index contributed by atoms with van der Waals surface area (Å²) < 4.78 is 3.82. The van der Waals surface area contributed by atoms with Crippen LogP contribution < -0.4 is 0 Å². The summed E-state index contributed by atoms with van der Waals surface area (Å²) in [5.41, 5.74) is 7.29. The van der Waals surface area contributed by atoms with Crippen molar-refractivity contribution in [2.75, 3.05) is 0 Å². The Kier molecular flexibility index (Phi) is 4.49. The molecule has 3 heterocycles. The highest BCUT2D eigenvalue weighted by atomic mass is 16.3. The zero-order valence-corrected chi connectivity index (χ0v) is 15.8. The largest absolute Gasteiger partial charge is 0.392 e. The summed E-state index contributed by atoms with van der Waals surface area (Å²) in [6.45, 7) is 6.02. The monoisotopic (exact) mass is 361 g/mol. The van der Waals surface area contributed by atoms with Crippen molar-refractivity contribution < 1.29 is 5.11 Å². The van der Waals surface area contributed by atoms with Crippen molar-refractivity contribution in [3.63, 3.8) is 0 Å². The number of rotatable bonds is 5. The molecule has 6 nitrogen and oxygen atoms in total. The van der Waals surface area contributed by atoms with E-state index in [1.807, 2.05) is 19.1 Å². The second kappa shape index (κ2) is 6.96. The van der Waals surface area contributed by atoms with Gasteiger partial charge in [-0.05, 0) is 37.5 Å². The fourth-order valence-corrected chi connectivity index (χ4v) is 3.46. The number of hydrogen-bond donors (Lipinski definition) is 1. The highest BCUT2D eigenvalue weighted by Crippen LogP contribution is 2.22. The van der Waals surface area contributed by atoms with Crippen LogP contribution in [0.4, 0.5) is 0 Å². The molecule has 0 bridgehead atoms. The van der Waals surface area contributed by atoms with E-state index in [2.05, 4.69) is 52.9 Å². The van der Waals surface area contributed by atoms with Crippen LogP contribution in [0.5, 0.6) is 0 Å². The van der Waals surface area contributed by atoms with Crippen molar-refractivity contribution in [3.8, 4) is 5.69 Å². The summed E-state index contributed by atoms with van der Waals surface area (Å²) >= 11 is 0. The highest BCUT2D eigenvalue weighted by molar-refractivity contribution is 5.53. The van der Waals surface area contributed by atoms with Crippen LogP contribution in [0.15, 0.2) is 43.0 Å². The molecule has 0 unspecified atom stereocenters. The fourth-order valence-electron chi connectivity index (χ4n) is 3.46. The Labute approximate surface area is 158 Å². The Morgan fingerprint density at radius 3 is 2.63 bits per heavy atom. The maximum atomic E-state index is 9.85. The van der Waals surface area contributed by atoms with Gasteiger partial charge in [0, 0.05) is 29.9 Å². The number of imidazole rings is 1. The van der Waals surface area contributed by atoms with Gasteiger partial charge >= 0.3 is 0 Å². The Morgan fingerprint density at radius 2 is 1.93 bits per heavy atom. The van der Waals surface area contributed by atoms with E-state index in [-0.39, 0.29) is 6.61 Å². The lowest BCUT2D eigenvalue weighted by Gasteiger charge is -2.11. The lowest BCUT2D eigenvalue weighted by atomic mass is 10.0. The van der Waals surface area contributed by atoms with Crippen molar-refractivity contribution in [3.05, 3.63) is 76.8 Å². The maximum Gasteiger partial charge on any atom is 0.147 e. The summed E-state index contributed by atoms with van der Waals surface area (Å²) in [7, 11) is 0. The van der Waals surface area contributed by atoms with E-state index < -0.39 is 0 Å². The number of aliphatic hydroxyl groups excluding tert-OH is 1. The molecule has 1 aromatic carbocycles. The number of aliphatic hydroxyl groups is 1. The van der Waals surface area contributed by atoms with E-state index in [4.69, 9.17) is 4.98 Å².